The monoisotopic (exact) mass is 252 g/mol. The zero-order chi connectivity index (χ0) is 13.2. The molecule has 3 heteroatoms. The Morgan fingerprint density at radius 2 is 1.78 bits per heavy atom. The van der Waals surface area contributed by atoms with E-state index in [1.54, 1.807) is 0 Å². The van der Waals surface area contributed by atoms with Crippen molar-refractivity contribution in [1.29, 1.82) is 0 Å². The minimum Gasteiger partial charge on any atom is -0.353 e. The van der Waals surface area contributed by atoms with E-state index < -0.39 is 0 Å². The molecule has 2 rings (SSSR count). The van der Waals surface area contributed by atoms with Crippen LogP contribution in [0.2, 0.25) is 0 Å². The number of nitrogens with one attached hydrogen (secondary N) is 1. The molecule has 1 N–H and O–H groups in total. The maximum absolute atomic E-state index is 11.9. The molecule has 2 fully saturated rings. The summed E-state index contributed by atoms with van der Waals surface area (Å²) in [6.45, 7) is 9.55. The zero-order valence-corrected chi connectivity index (χ0v) is 12.2. The third-order valence-corrected chi connectivity index (χ3v) is 4.35. The van der Waals surface area contributed by atoms with Gasteiger partial charge in [0.2, 0.25) is 5.91 Å². The molecule has 0 bridgehead atoms. The molecule has 0 aromatic heterocycles. The molecule has 0 atom stereocenters. The van der Waals surface area contributed by atoms with Crippen molar-refractivity contribution >= 4 is 5.91 Å². The first-order valence-electron chi connectivity index (χ1n) is 7.48. The van der Waals surface area contributed by atoms with Crippen LogP contribution in [0.5, 0.6) is 0 Å². The summed E-state index contributed by atoms with van der Waals surface area (Å²) in [6.07, 6.45) is 6.53. The normalized spacial score (nSPS) is 23.7. The summed E-state index contributed by atoms with van der Waals surface area (Å²) < 4.78 is 0. The van der Waals surface area contributed by atoms with E-state index in [0.29, 0.717) is 6.04 Å². The average molecular weight is 252 g/mol. The van der Waals surface area contributed by atoms with Gasteiger partial charge >= 0.3 is 0 Å². The van der Waals surface area contributed by atoms with Crippen molar-refractivity contribution in [3.05, 3.63) is 0 Å². The predicted molar refractivity (Wildman–Crippen MR) is 74.4 cm³/mol. The minimum atomic E-state index is -0.261. The second-order valence-corrected chi connectivity index (χ2v) is 7.10. The van der Waals surface area contributed by atoms with Gasteiger partial charge in [-0.2, -0.15) is 0 Å². The zero-order valence-electron chi connectivity index (χ0n) is 12.2. The molecule has 1 aliphatic heterocycles. The highest BCUT2D eigenvalue weighted by molar-refractivity contribution is 5.81. The Hall–Kier alpha value is -0.570. The molecule has 2 aliphatic rings. The van der Waals surface area contributed by atoms with Crippen LogP contribution in [-0.2, 0) is 4.79 Å². The van der Waals surface area contributed by atoms with E-state index >= 15 is 0 Å². The Kier molecular flexibility index (Phi) is 4.31. The molecule has 0 aromatic carbocycles. The molecule has 1 saturated carbocycles. The number of piperidine rings is 1. The molecular formula is C15H28N2O. The third-order valence-electron chi connectivity index (χ3n) is 4.35. The van der Waals surface area contributed by atoms with Crippen molar-refractivity contribution in [1.82, 2.24) is 10.2 Å². The van der Waals surface area contributed by atoms with E-state index in [1.165, 1.54) is 25.8 Å². The number of rotatable bonds is 3. The second-order valence-electron chi connectivity index (χ2n) is 7.10. The highest BCUT2D eigenvalue weighted by Crippen LogP contribution is 2.28. The van der Waals surface area contributed by atoms with Gasteiger partial charge in [-0.3, -0.25) is 4.79 Å². The van der Waals surface area contributed by atoms with E-state index in [-0.39, 0.29) is 11.3 Å². The molecule has 0 spiro atoms. The molecule has 1 heterocycles. The summed E-state index contributed by atoms with van der Waals surface area (Å²) in [7, 11) is 0. The van der Waals surface area contributed by atoms with Crippen LogP contribution in [-0.4, -0.2) is 36.5 Å². The molecule has 3 nitrogen and oxygen atoms in total. The van der Waals surface area contributed by atoms with Crippen molar-refractivity contribution in [2.75, 3.05) is 19.6 Å². The summed E-state index contributed by atoms with van der Waals surface area (Å²) >= 11 is 0. The SMILES string of the molecule is CC(C)(C)C(=O)NC1CCN(CC2CCC2)CC1. The van der Waals surface area contributed by atoms with Crippen LogP contribution in [0.4, 0.5) is 0 Å². The fourth-order valence-electron chi connectivity index (χ4n) is 2.70. The summed E-state index contributed by atoms with van der Waals surface area (Å²) in [5.41, 5.74) is -0.261. The van der Waals surface area contributed by atoms with Crippen molar-refractivity contribution in [3.63, 3.8) is 0 Å². The van der Waals surface area contributed by atoms with Gasteiger partial charge in [0, 0.05) is 31.1 Å². The molecule has 1 aliphatic carbocycles. The summed E-state index contributed by atoms with van der Waals surface area (Å²) in [5, 5.41) is 3.20. The average Bonchev–Trinajstić information content (AvgIpc) is 2.24. The van der Waals surface area contributed by atoms with E-state index in [0.717, 1.165) is 31.8 Å². The van der Waals surface area contributed by atoms with E-state index in [9.17, 15) is 4.79 Å². The van der Waals surface area contributed by atoms with Crippen LogP contribution in [0, 0.1) is 11.3 Å². The van der Waals surface area contributed by atoms with Crippen LogP contribution in [0.25, 0.3) is 0 Å². The first-order valence-corrected chi connectivity index (χ1v) is 7.48. The van der Waals surface area contributed by atoms with Crippen LogP contribution in [0.3, 0.4) is 0 Å². The fourth-order valence-corrected chi connectivity index (χ4v) is 2.70. The lowest BCUT2D eigenvalue weighted by Crippen LogP contribution is -2.48. The van der Waals surface area contributed by atoms with Crippen molar-refractivity contribution in [2.45, 2.75) is 58.9 Å². The standard InChI is InChI=1S/C15H28N2O/c1-15(2,3)14(18)16-13-7-9-17(10-8-13)11-12-5-4-6-12/h12-13H,4-11H2,1-3H3,(H,16,18). The number of hydrogen-bond acceptors (Lipinski definition) is 2. The Morgan fingerprint density at radius 1 is 1.17 bits per heavy atom. The van der Waals surface area contributed by atoms with Gasteiger partial charge in [-0.25, -0.2) is 0 Å². The molecule has 1 amide bonds. The van der Waals surface area contributed by atoms with Gasteiger partial charge in [0.25, 0.3) is 0 Å². The maximum atomic E-state index is 11.9. The Labute approximate surface area is 111 Å². The quantitative estimate of drug-likeness (QED) is 0.836. The van der Waals surface area contributed by atoms with Crippen molar-refractivity contribution in [2.24, 2.45) is 11.3 Å². The molecule has 0 aromatic rings. The van der Waals surface area contributed by atoms with Gasteiger partial charge < -0.3 is 10.2 Å². The third kappa shape index (κ3) is 3.71. The molecule has 0 radical (unpaired) electrons. The molecule has 18 heavy (non-hydrogen) atoms. The number of nitrogens with zero attached hydrogens (tertiary/aromatic N) is 1. The van der Waals surface area contributed by atoms with Gasteiger partial charge in [0.15, 0.2) is 0 Å². The highest BCUT2D eigenvalue weighted by Gasteiger charge is 2.28. The predicted octanol–water partition coefficient (Wildman–Crippen LogP) is 2.41. The molecule has 0 unspecified atom stereocenters. The highest BCUT2D eigenvalue weighted by atomic mass is 16.2. The van der Waals surface area contributed by atoms with Crippen LogP contribution in [0.1, 0.15) is 52.9 Å². The largest absolute Gasteiger partial charge is 0.353 e. The van der Waals surface area contributed by atoms with Gasteiger partial charge in [-0.15, -0.1) is 0 Å². The Bertz CT molecular complexity index is 283. The number of hydrogen-bond donors (Lipinski definition) is 1. The van der Waals surface area contributed by atoms with Crippen molar-refractivity contribution < 1.29 is 4.79 Å². The number of likely N-dealkylation sites (tertiary alicyclic amines) is 1. The van der Waals surface area contributed by atoms with Crippen molar-refractivity contribution in [3.8, 4) is 0 Å². The maximum Gasteiger partial charge on any atom is 0.225 e. The van der Waals surface area contributed by atoms with Crippen LogP contribution >= 0.6 is 0 Å². The van der Waals surface area contributed by atoms with E-state index in [2.05, 4.69) is 10.2 Å². The summed E-state index contributed by atoms with van der Waals surface area (Å²) in [5.74, 6) is 1.16. The first-order chi connectivity index (χ1) is 8.45. The Morgan fingerprint density at radius 3 is 2.22 bits per heavy atom. The number of carbonyl (C=O) groups is 1. The fraction of sp³-hybridized carbons (Fsp3) is 0.933. The smallest absolute Gasteiger partial charge is 0.225 e. The molecule has 1 saturated heterocycles. The summed E-state index contributed by atoms with van der Waals surface area (Å²) in [4.78, 5) is 14.5. The lowest BCUT2D eigenvalue weighted by Gasteiger charge is -2.37. The first kappa shape index (κ1) is 13.9. The lowest BCUT2D eigenvalue weighted by molar-refractivity contribution is -0.129. The molecule has 104 valence electrons. The van der Waals surface area contributed by atoms with Gasteiger partial charge in [-0.05, 0) is 31.6 Å². The van der Waals surface area contributed by atoms with Crippen LogP contribution in [0.15, 0.2) is 0 Å². The van der Waals surface area contributed by atoms with Gasteiger partial charge in [0.1, 0.15) is 0 Å². The van der Waals surface area contributed by atoms with Gasteiger partial charge in [0.05, 0.1) is 0 Å². The number of amides is 1. The summed E-state index contributed by atoms with van der Waals surface area (Å²) in [6, 6.07) is 0.398. The molecular weight excluding hydrogens is 224 g/mol. The second kappa shape index (κ2) is 5.60. The topological polar surface area (TPSA) is 32.3 Å². The van der Waals surface area contributed by atoms with Gasteiger partial charge in [-0.1, -0.05) is 27.2 Å². The van der Waals surface area contributed by atoms with E-state index in [1.807, 2.05) is 20.8 Å². The minimum absolute atomic E-state index is 0.194. The Balaban J connectivity index is 1.68. The van der Waals surface area contributed by atoms with Crippen LogP contribution < -0.4 is 5.32 Å². The lowest BCUT2D eigenvalue weighted by atomic mass is 9.84. The van der Waals surface area contributed by atoms with E-state index in [4.69, 9.17) is 0 Å². The number of carbonyl (C=O) groups excluding carboxylic acids is 1.